The largest absolute Gasteiger partial charge is 0.492 e. The summed E-state index contributed by atoms with van der Waals surface area (Å²) in [6.45, 7) is 10.4. The molecular formula is C48H62O15. The third-order valence-electron chi connectivity index (χ3n) is 10.5. The molecule has 63 heavy (non-hydrogen) atoms. The molecule has 0 atom stereocenters. The first-order chi connectivity index (χ1) is 30.1. The van der Waals surface area contributed by atoms with Crippen molar-refractivity contribution in [2.75, 3.05) is 47.3 Å². The monoisotopic (exact) mass is 878 g/mol. The Morgan fingerprint density at radius 3 is 1.76 bits per heavy atom. The number of rotatable bonds is 26. The van der Waals surface area contributed by atoms with Gasteiger partial charge in [0.25, 0.3) is 0 Å². The van der Waals surface area contributed by atoms with Crippen molar-refractivity contribution >= 4 is 41.8 Å². The molecule has 0 spiro atoms. The van der Waals surface area contributed by atoms with E-state index in [2.05, 4.69) is 29.6 Å². The molecule has 0 amide bonds. The Morgan fingerprint density at radius 1 is 0.651 bits per heavy atom. The highest BCUT2D eigenvalue weighted by atomic mass is 16.6. The molecule has 15 heteroatoms. The van der Waals surface area contributed by atoms with Gasteiger partial charge < -0.3 is 37.9 Å². The van der Waals surface area contributed by atoms with Gasteiger partial charge in [-0.3, -0.25) is 24.0 Å². The van der Waals surface area contributed by atoms with Gasteiger partial charge >= 0.3 is 41.8 Å². The fourth-order valence-corrected chi connectivity index (χ4v) is 6.70. The Bertz CT molecular complexity index is 1870. The lowest BCUT2D eigenvalue weighted by molar-refractivity contribution is -0.165. The van der Waals surface area contributed by atoms with E-state index in [-0.39, 0.29) is 36.2 Å². The van der Waals surface area contributed by atoms with Crippen molar-refractivity contribution in [2.45, 2.75) is 97.8 Å². The molecule has 0 radical (unpaired) electrons. The molecule has 1 saturated carbocycles. The number of esters is 7. The molecule has 0 N–H and O–H groups in total. The topological polar surface area (TPSA) is 193 Å². The summed E-state index contributed by atoms with van der Waals surface area (Å²) in [5.74, 6) is -3.88. The van der Waals surface area contributed by atoms with Crippen LogP contribution in [0.3, 0.4) is 0 Å². The third kappa shape index (κ3) is 18.1. The highest BCUT2D eigenvalue weighted by Crippen LogP contribution is 2.34. The van der Waals surface area contributed by atoms with E-state index in [9.17, 15) is 33.6 Å². The Hall–Kier alpha value is -5.99. The van der Waals surface area contributed by atoms with Crippen LogP contribution in [0.2, 0.25) is 0 Å². The summed E-state index contributed by atoms with van der Waals surface area (Å²) < 4.78 is 42.9. The predicted octanol–water partition coefficient (Wildman–Crippen LogP) is 7.39. The average Bonchev–Trinajstić information content (AvgIpc) is 3.27. The number of benzene rings is 2. The molecule has 1 aliphatic carbocycles. The SMILES string of the molecule is C=C(C)C(=O)OCCCc1cc(-c2ccc(OC(=O)C3CCC(CCCCC)CC3)cc2)ccc1OCC(COC(=O)CC(=O)OC)(COC(=O)CC(=O)OC)COC(=O)C(=C)C. The zero-order valence-electron chi connectivity index (χ0n) is 37.3. The number of hydrogen-bond acceptors (Lipinski definition) is 15. The molecule has 2 aromatic rings. The van der Waals surface area contributed by atoms with Gasteiger partial charge in [0.15, 0.2) is 0 Å². The molecular weight excluding hydrogens is 817 g/mol. The molecule has 0 unspecified atom stereocenters. The second kappa shape index (κ2) is 26.5. The van der Waals surface area contributed by atoms with Gasteiger partial charge in [0.2, 0.25) is 0 Å². The van der Waals surface area contributed by atoms with Crippen molar-refractivity contribution in [1.82, 2.24) is 0 Å². The molecule has 0 bridgehead atoms. The average molecular weight is 879 g/mol. The van der Waals surface area contributed by atoms with E-state index in [0.717, 1.165) is 51.0 Å². The van der Waals surface area contributed by atoms with Crippen LogP contribution in [0.25, 0.3) is 11.1 Å². The third-order valence-corrected chi connectivity index (χ3v) is 10.5. The molecule has 0 saturated heterocycles. The summed E-state index contributed by atoms with van der Waals surface area (Å²) in [6, 6.07) is 12.6. The van der Waals surface area contributed by atoms with E-state index in [0.29, 0.717) is 35.8 Å². The molecule has 15 nitrogen and oxygen atoms in total. The van der Waals surface area contributed by atoms with E-state index in [1.54, 1.807) is 31.2 Å². The molecule has 344 valence electrons. The number of ether oxygens (including phenoxy) is 8. The van der Waals surface area contributed by atoms with E-state index >= 15 is 0 Å². The van der Waals surface area contributed by atoms with Crippen LogP contribution in [-0.4, -0.2) is 89.0 Å². The second-order valence-corrected chi connectivity index (χ2v) is 16.0. The predicted molar refractivity (Wildman–Crippen MR) is 230 cm³/mol. The van der Waals surface area contributed by atoms with Crippen molar-refractivity contribution in [3.63, 3.8) is 0 Å². The van der Waals surface area contributed by atoms with Gasteiger partial charge in [-0.05, 0) is 99.2 Å². The van der Waals surface area contributed by atoms with Crippen LogP contribution in [0.4, 0.5) is 0 Å². The summed E-state index contributed by atoms with van der Waals surface area (Å²) in [5, 5.41) is 0. The van der Waals surface area contributed by atoms with Gasteiger partial charge in [-0.2, -0.15) is 0 Å². The van der Waals surface area contributed by atoms with Gasteiger partial charge in [-0.15, -0.1) is 0 Å². The quantitative estimate of drug-likeness (QED) is 0.0227. The first-order valence-electron chi connectivity index (χ1n) is 21.3. The summed E-state index contributed by atoms with van der Waals surface area (Å²) in [6.07, 6.45) is 7.91. The van der Waals surface area contributed by atoms with E-state index in [1.807, 2.05) is 18.2 Å². The molecule has 0 aromatic heterocycles. The summed E-state index contributed by atoms with van der Waals surface area (Å²) in [7, 11) is 2.21. The van der Waals surface area contributed by atoms with Crippen molar-refractivity contribution in [3.8, 4) is 22.6 Å². The zero-order chi connectivity index (χ0) is 46.4. The zero-order valence-corrected chi connectivity index (χ0v) is 37.3. The normalized spacial score (nSPS) is 14.6. The Morgan fingerprint density at radius 2 is 1.21 bits per heavy atom. The van der Waals surface area contributed by atoms with Crippen LogP contribution < -0.4 is 9.47 Å². The lowest BCUT2D eigenvalue weighted by Crippen LogP contribution is -2.44. The Labute approximate surface area is 369 Å². The minimum absolute atomic E-state index is 0.0574. The number of aryl methyl sites for hydroxylation is 1. The van der Waals surface area contributed by atoms with Crippen molar-refractivity contribution < 1.29 is 71.5 Å². The van der Waals surface area contributed by atoms with Crippen molar-refractivity contribution in [3.05, 3.63) is 72.3 Å². The number of hydrogen-bond donors (Lipinski definition) is 0. The maximum Gasteiger partial charge on any atom is 0.333 e. The summed E-state index contributed by atoms with van der Waals surface area (Å²) in [5.41, 5.74) is 0.978. The van der Waals surface area contributed by atoms with Gasteiger partial charge in [-0.1, -0.05) is 64.0 Å². The molecule has 0 aliphatic heterocycles. The minimum Gasteiger partial charge on any atom is -0.492 e. The highest BCUT2D eigenvalue weighted by molar-refractivity contribution is 5.92. The lowest BCUT2D eigenvalue weighted by atomic mass is 9.80. The maximum atomic E-state index is 13.1. The van der Waals surface area contributed by atoms with Crippen LogP contribution in [0.15, 0.2) is 66.8 Å². The number of carbonyl (C=O) groups excluding carboxylic acids is 7. The molecule has 3 rings (SSSR count). The molecule has 1 aliphatic rings. The summed E-state index contributed by atoms with van der Waals surface area (Å²) in [4.78, 5) is 86.7. The molecule has 1 fully saturated rings. The van der Waals surface area contributed by atoms with E-state index < -0.39 is 73.9 Å². The Kier molecular flexibility index (Phi) is 21.6. The van der Waals surface area contributed by atoms with E-state index in [1.165, 1.54) is 32.6 Å². The van der Waals surface area contributed by atoms with Crippen molar-refractivity contribution in [2.24, 2.45) is 17.3 Å². The van der Waals surface area contributed by atoms with Crippen molar-refractivity contribution in [1.29, 1.82) is 0 Å². The standard InChI is InChI=1S/C48H62O15/c1-8-9-10-12-34-14-16-36(17-15-34)47(55)63-39-21-18-35(19-22-39)37-20-23-40(38(25-37)13-11-24-58-45(53)32(2)3)59-28-48(31-62-46(54)33(4)5,29-60-43(51)26-41(49)56-6)30-61-44(52)27-42(50)57-7/h18-23,25,34,36H,2,4,8-17,24,26-31H2,1,3,5-7H3. The van der Waals surface area contributed by atoms with Crippen LogP contribution in [0, 0.1) is 17.3 Å². The fourth-order valence-electron chi connectivity index (χ4n) is 6.70. The molecule has 2 aromatic carbocycles. The first-order valence-corrected chi connectivity index (χ1v) is 21.3. The Balaban J connectivity index is 1.89. The van der Waals surface area contributed by atoms with Gasteiger partial charge in [0.05, 0.1) is 26.7 Å². The number of methoxy groups -OCH3 is 2. The summed E-state index contributed by atoms with van der Waals surface area (Å²) >= 11 is 0. The highest BCUT2D eigenvalue weighted by Gasteiger charge is 2.38. The van der Waals surface area contributed by atoms with Crippen LogP contribution in [-0.2, 0) is 68.4 Å². The van der Waals surface area contributed by atoms with Crippen LogP contribution >= 0.6 is 0 Å². The van der Waals surface area contributed by atoms with Crippen LogP contribution in [0.1, 0.15) is 97.0 Å². The molecule has 0 heterocycles. The second-order valence-electron chi connectivity index (χ2n) is 16.0. The maximum absolute atomic E-state index is 13.1. The van der Waals surface area contributed by atoms with Gasteiger partial charge in [0.1, 0.15) is 56.2 Å². The number of carbonyl (C=O) groups is 7. The van der Waals surface area contributed by atoms with E-state index in [4.69, 9.17) is 28.4 Å². The van der Waals surface area contributed by atoms with Crippen LogP contribution in [0.5, 0.6) is 11.5 Å². The first kappa shape index (κ1) is 51.4. The van der Waals surface area contributed by atoms with Gasteiger partial charge in [0, 0.05) is 11.1 Å². The minimum atomic E-state index is -1.59. The fraction of sp³-hybridized carbons (Fsp3) is 0.521. The number of unbranched alkanes of at least 4 members (excludes halogenated alkanes) is 2. The van der Waals surface area contributed by atoms with Gasteiger partial charge in [-0.25, -0.2) is 9.59 Å². The smallest absolute Gasteiger partial charge is 0.333 e. The lowest BCUT2D eigenvalue weighted by Gasteiger charge is -2.32.